The van der Waals surface area contributed by atoms with Gasteiger partial charge in [-0.2, -0.15) is 0 Å². The topological polar surface area (TPSA) is 15.3 Å². The highest BCUT2D eigenvalue weighted by atomic mass is 15.2. The molecule has 0 aromatic heterocycles. The summed E-state index contributed by atoms with van der Waals surface area (Å²) in [6.45, 7) is 6.55. The summed E-state index contributed by atoms with van der Waals surface area (Å²) in [5, 5.41) is 3.52. The lowest BCUT2D eigenvalue weighted by molar-refractivity contribution is 0.176. The van der Waals surface area contributed by atoms with Crippen LogP contribution in [0.2, 0.25) is 0 Å². The molecule has 0 spiro atoms. The predicted octanol–water partition coefficient (Wildman–Crippen LogP) is 4.03. The number of hydrogen-bond acceptors (Lipinski definition) is 2. The van der Waals surface area contributed by atoms with Gasteiger partial charge in [-0.15, -0.1) is 0 Å². The molecule has 0 fully saturated rings. The van der Waals surface area contributed by atoms with Gasteiger partial charge in [-0.3, -0.25) is 4.90 Å². The zero-order chi connectivity index (χ0) is 15.1. The summed E-state index contributed by atoms with van der Waals surface area (Å²) in [6.07, 6.45) is 0. The van der Waals surface area contributed by atoms with Crippen LogP contribution in [0, 0.1) is 0 Å². The third-order valence-corrected chi connectivity index (χ3v) is 4.13. The third kappa shape index (κ3) is 3.72. The van der Waals surface area contributed by atoms with Crippen LogP contribution in [0.25, 0.3) is 0 Å². The van der Waals surface area contributed by atoms with Crippen LogP contribution in [-0.2, 0) is 0 Å². The van der Waals surface area contributed by atoms with Gasteiger partial charge < -0.3 is 5.32 Å². The maximum Gasteiger partial charge on any atom is 0.0543 e. The van der Waals surface area contributed by atoms with E-state index in [2.05, 4.69) is 91.8 Å². The Morgan fingerprint density at radius 1 is 0.810 bits per heavy atom. The van der Waals surface area contributed by atoms with Gasteiger partial charge in [0.1, 0.15) is 0 Å². The van der Waals surface area contributed by atoms with E-state index in [9.17, 15) is 0 Å². The van der Waals surface area contributed by atoms with Crippen molar-refractivity contribution in [2.24, 2.45) is 0 Å². The lowest BCUT2D eigenvalue weighted by Gasteiger charge is -2.36. The average molecular weight is 282 g/mol. The van der Waals surface area contributed by atoms with Crippen molar-refractivity contribution in [1.82, 2.24) is 10.2 Å². The fourth-order valence-electron chi connectivity index (χ4n) is 3.05. The van der Waals surface area contributed by atoms with Crippen LogP contribution < -0.4 is 5.32 Å². The predicted molar refractivity (Wildman–Crippen MR) is 90.3 cm³/mol. The van der Waals surface area contributed by atoms with Crippen molar-refractivity contribution in [2.45, 2.75) is 25.9 Å². The number of rotatable bonds is 7. The molecule has 0 radical (unpaired) electrons. The zero-order valence-corrected chi connectivity index (χ0v) is 13.3. The molecule has 2 aromatic rings. The fourth-order valence-corrected chi connectivity index (χ4v) is 3.05. The first-order valence-electron chi connectivity index (χ1n) is 7.83. The molecule has 0 aliphatic rings. The van der Waals surface area contributed by atoms with Crippen molar-refractivity contribution in [3.8, 4) is 0 Å². The normalized spacial score (nSPS) is 14.1. The molecule has 2 atom stereocenters. The van der Waals surface area contributed by atoms with Crippen LogP contribution in [0.5, 0.6) is 0 Å². The van der Waals surface area contributed by atoms with E-state index in [1.54, 1.807) is 0 Å². The van der Waals surface area contributed by atoms with E-state index in [-0.39, 0.29) is 6.04 Å². The van der Waals surface area contributed by atoms with Crippen molar-refractivity contribution >= 4 is 0 Å². The van der Waals surface area contributed by atoms with Gasteiger partial charge in [0.05, 0.1) is 12.1 Å². The maximum atomic E-state index is 3.52. The van der Waals surface area contributed by atoms with Crippen LogP contribution in [-0.4, -0.2) is 25.0 Å². The van der Waals surface area contributed by atoms with Gasteiger partial charge in [0, 0.05) is 0 Å². The van der Waals surface area contributed by atoms with E-state index in [0.29, 0.717) is 6.04 Å². The van der Waals surface area contributed by atoms with E-state index in [0.717, 1.165) is 13.1 Å². The minimum Gasteiger partial charge on any atom is -0.311 e. The molecule has 0 saturated heterocycles. The number of nitrogens with zero attached hydrogens (tertiary/aromatic N) is 1. The van der Waals surface area contributed by atoms with Gasteiger partial charge in [0.15, 0.2) is 0 Å². The Kier molecular flexibility index (Phi) is 5.97. The number of nitrogens with one attached hydrogen (secondary N) is 1. The van der Waals surface area contributed by atoms with Crippen LogP contribution >= 0.6 is 0 Å². The molecule has 1 N–H and O–H groups in total. The van der Waals surface area contributed by atoms with E-state index in [1.807, 2.05) is 0 Å². The Bertz CT molecular complexity index is 506. The molecule has 2 unspecified atom stereocenters. The number of benzene rings is 2. The van der Waals surface area contributed by atoms with Crippen LogP contribution in [0.3, 0.4) is 0 Å². The molecular formula is C19H26N2. The highest BCUT2D eigenvalue weighted by Crippen LogP contribution is 2.33. The summed E-state index contributed by atoms with van der Waals surface area (Å²) < 4.78 is 0. The molecule has 2 nitrogen and oxygen atoms in total. The summed E-state index contributed by atoms with van der Waals surface area (Å²) in [6, 6.07) is 22.2. The molecule has 21 heavy (non-hydrogen) atoms. The maximum absolute atomic E-state index is 3.52. The Hall–Kier alpha value is -1.64. The molecule has 2 heteroatoms. The van der Waals surface area contributed by atoms with E-state index >= 15 is 0 Å². The molecule has 2 rings (SSSR count). The second-order valence-electron chi connectivity index (χ2n) is 5.25. The molecule has 0 aliphatic heterocycles. The van der Waals surface area contributed by atoms with Crippen molar-refractivity contribution < 1.29 is 0 Å². The lowest BCUT2D eigenvalue weighted by atomic mass is 9.92. The number of likely N-dealkylation sites (N-methyl/N-ethyl adjacent to an activating group) is 2. The van der Waals surface area contributed by atoms with Gasteiger partial charge >= 0.3 is 0 Å². The minimum absolute atomic E-state index is 0.286. The largest absolute Gasteiger partial charge is 0.311 e. The van der Waals surface area contributed by atoms with Gasteiger partial charge in [0.25, 0.3) is 0 Å². The smallest absolute Gasteiger partial charge is 0.0543 e. The van der Waals surface area contributed by atoms with Gasteiger partial charge in [-0.25, -0.2) is 0 Å². The molecule has 2 aromatic carbocycles. The fraction of sp³-hybridized carbons (Fsp3) is 0.368. The van der Waals surface area contributed by atoms with Crippen molar-refractivity contribution in [2.75, 3.05) is 20.1 Å². The number of hydrogen-bond donors (Lipinski definition) is 1. The highest BCUT2D eigenvalue weighted by Gasteiger charge is 2.27. The second kappa shape index (κ2) is 7.96. The quantitative estimate of drug-likeness (QED) is 0.825. The second-order valence-corrected chi connectivity index (χ2v) is 5.25. The van der Waals surface area contributed by atoms with Crippen molar-refractivity contribution in [3.63, 3.8) is 0 Å². The monoisotopic (exact) mass is 282 g/mol. The summed E-state index contributed by atoms with van der Waals surface area (Å²) in [5.74, 6) is 0. The Morgan fingerprint density at radius 2 is 1.29 bits per heavy atom. The average Bonchev–Trinajstić information content (AvgIpc) is 2.57. The summed E-state index contributed by atoms with van der Waals surface area (Å²) in [7, 11) is 2.05. The zero-order valence-electron chi connectivity index (χ0n) is 13.3. The Morgan fingerprint density at radius 3 is 1.71 bits per heavy atom. The first-order valence-corrected chi connectivity index (χ1v) is 7.83. The van der Waals surface area contributed by atoms with Crippen molar-refractivity contribution in [3.05, 3.63) is 71.8 Å². The Labute approximate surface area is 128 Å². The van der Waals surface area contributed by atoms with Gasteiger partial charge in [0.2, 0.25) is 0 Å². The lowest BCUT2D eigenvalue weighted by Crippen LogP contribution is -2.37. The molecule has 0 saturated carbocycles. The highest BCUT2D eigenvalue weighted by molar-refractivity contribution is 5.27. The molecule has 0 heterocycles. The Balaban J connectivity index is 2.42. The van der Waals surface area contributed by atoms with E-state index in [4.69, 9.17) is 0 Å². The van der Waals surface area contributed by atoms with Crippen LogP contribution in [0.4, 0.5) is 0 Å². The standard InChI is InChI=1S/C19H26N2/c1-4-21(5-2)19(17-14-10-7-11-15-17)18(20-3)16-12-8-6-9-13-16/h6-15,18-20H,4-5H2,1-3H3. The van der Waals surface area contributed by atoms with Gasteiger partial charge in [-0.1, -0.05) is 74.5 Å². The minimum atomic E-state index is 0.286. The van der Waals surface area contributed by atoms with Crippen LogP contribution in [0.1, 0.15) is 37.1 Å². The summed E-state index contributed by atoms with van der Waals surface area (Å²) in [5.41, 5.74) is 2.70. The summed E-state index contributed by atoms with van der Waals surface area (Å²) >= 11 is 0. The molecule has 0 amide bonds. The van der Waals surface area contributed by atoms with Crippen molar-refractivity contribution in [1.29, 1.82) is 0 Å². The molecule has 112 valence electrons. The molecule has 0 aliphatic carbocycles. The van der Waals surface area contributed by atoms with Crippen LogP contribution in [0.15, 0.2) is 60.7 Å². The third-order valence-electron chi connectivity index (χ3n) is 4.13. The first-order chi connectivity index (χ1) is 10.3. The molecule has 0 bridgehead atoms. The van der Waals surface area contributed by atoms with E-state index in [1.165, 1.54) is 11.1 Å². The first kappa shape index (κ1) is 15.7. The van der Waals surface area contributed by atoms with Gasteiger partial charge in [-0.05, 0) is 31.3 Å². The SMILES string of the molecule is CCN(CC)C(c1ccccc1)C(NC)c1ccccc1. The summed E-state index contributed by atoms with van der Waals surface area (Å²) in [4.78, 5) is 2.52. The molecular weight excluding hydrogens is 256 g/mol. The van der Waals surface area contributed by atoms with E-state index < -0.39 is 0 Å².